The van der Waals surface area contributed by atoms with Crippen LogP contribution >= 0.6 is 11.8 Å². The largest absolute Gasteiger partial charge is 0.382 e. The van der Waals surface area contributed by atoms with Crippen molar-refractivity contribution in [1.29, 1.82) is 0 Å². The molecule has 3 heteroatoms. The molecular weight excluding hydrogens is 218 g/mol. The second-order valence-electron chi connectivity index (χ2n) is 4.68. The highest BCUT2D eigenvalue weighted by Gasteiger charge is 2.30. The highest BCUT2D eigenvalue weighted by atomic mass is 32.2. The van der Waals surface area contributed by atoms with Crippen molar-refractivity contribution < 1.29 is 4.74 Å². The molecule has 0 aliphatic heterocycles. The van der Waals surface area contributed by atoms with Crippen LogP contribution in [0.3, 0.4) is 0 Å². The Kier molecular flexibility index (Phi) is 7.50. The normalized spacial score (nSPS) is 19.9. The molecule has 0 aromatic heterocycles. The van der Waals surface area contributed by atoms with Gasteiger partial charge in [0.05, 0.1) is 0 Å². The SMILES string of the molecule is CCOCCCNCC1(SC)CCCCC1. The number of hydrogen-bond donors (Lipinski definition) is 1. The van der Waals surface area contributed by atoms with Gasteiger partial charge in [-0.2, -0.15) is 11.8 Å². The zero-order valence-corrected chi connectivity index (χ0v) is 11.7. The first kappa shape index (κ1) is 14.3. The zero-order chi connectivity index (χ0) is 11.7. The molecule has 1 aliphatic rings. The van der Waals surface area contributed by atoms with E-state index in [-0.39, 0.29) is 0 Å². The highest BCUT2D eigenvalue weighted by molar-refractivity contribution is 8.00. The lowest BCUT2D eigenvalue weighted by Crippen LogP contribution is -2.39. The number of rotatable bonds is 8. The van der Waals surface area contributed by atoms with Gasteiger partial charge in [0, 0.05) is 24.5 Å². The molecular formula is C13H27NOS. The Bertz CT molecular complexity index is 169. The second-order valence-corrected chi connectivity index (χ2v) is 5.95. The topological polar surface area (TPSA) is 21.3 Å². The summed E-state index contributed by atoms with van der Waals surface area (Å²) in [6, 6.07) is 0. The van der Waals surface area contributed by atoms with Gasteiger partial charge in [0.1, 0.15) is 0 Å². The number of hydrogen-bond acceptors (Lipinski definition) is 3. The van der Waals surface area contributed by atoms with Crippen molar-refractivity contribution in [2.24, 2.45) is 0 Å². The fourth-order valence-corrected chi connectivity index (χ4v) is 3.35. The molecule has 1 rings (SSSR count). The monoisotopic (exact) mass is 245 g/mol. The Morgan fingerprint density at radius 3 is 2.62 bits per heavy atom. The molecule has 16 heavy (non-hydrogen) atoms. The van der Waals surface area contributed by atoms with Crippen LogP contribution in [0, 0.1) is 0 Å². The summed E-state index contributed by atoms with van der Waals surface area (Å²) in [6.07, 6.45) is 10.5. The predicted octanol–water partition coefficient (Wildman–Crippen LogP) is 3.07. The molecule has 0 amide bonds. The van der Waals surface area contributed by atoms with Crippen LogP contribution in [0.15, 0.2) is 0 Å². The van der Waals surface area contributed by atoms with Gasteiger partial charge >= 0.3 is 0 Å². The third-order valence-corrected chi connectivity index (χ3v) is 4.91. The van der Waals surface area contributed by atoms with E-state index < -0.39 is 0 Å². The van der Waals surface area contributed by atoms with Crippen LogP contribution in [0.25, 0.3) is 0 Å². The maximum absolute atomic E-state index is 5.33. The lowest BCUT2D eigenvalue weighted by molar-refractivity contribution is 0.144. The molecule has 0 unspecified atom stereocenters. The Balaban J connectivity index is 2.08. The molecule has 0 aromatic carbocycles. The minimum Gasteiger partial charge on any atom is -0.382 e. The minimum absolute atomic E-state index is 0.532. The summed E-state index contributed by atoms with van der Waals surface area (Å²) in [6.45, 7) is 6.07. The molecule has 1 saturated carbocycles. The van der Waals surface area contributed by atoms with Crippen LogP contribution in [0.1, 0.15) is 45.4 Å². The average molecular weight is 245 g/mol. The van der Waals surface area contributed by atoms with E-state index in [0.29, 0.717) is 4.75 Å². The standard InChI is InChI=1S/C13H27NOS/c1-3-15-11-7-10-14-12-13(16-2)8-5-4-6-9-13/h14H,3-12H2,1-2H3. The van der Waals surface area contributed by atoms with Crippen LogP contribution < -0.4 is 5.32 Å². The second kappa shape index (κ2) is 8.37. The zero-order valence-electron chi connectivity index (χ0n) is 10.9. The van der Waals surface area contributed by atoms with Crippen molar-refractivity contribution >= 4 is 11.8 Å². The van der Waals surface area contributed by atoms with Gasteiger partial charge in [-0.3, -0.25) is 0 Å². The first-order chi connectivity index (χ1) is 7.83. The molecule has 0 spiro atoms. The van der Waals surface area contributed by atoms with Gasteiger partial charge < -0.3 is 10.1 Å². The van der Waals surface area contributed by atoms with Gasteiger partial charge in [0.15, 0.2) is 0 Å². The molecule has 0 radical (unpaired) electrons. The van der Waals surface area contributed by atoms with Gasteiger partial charge in [0.25, 0.3) is 0 Å². The third kappa shape index (κ3) is 5.07. The summed E-state index contributed by atoms with van der Waals surface area (Å²) in [5, 5.41) is 3.60. The van der Waals surface area contributed by atoms with Gasteiger partial charge in [-0.25, -0.2) is 0 Å². The van der Waals surface area contributed by atoms with Crippen LogP contribution in [0.4, 0.5) is 0 Å². The quantitative estimate of drug-likeness (QED) is 0.664. The molecule has 0 aromatic rings. The van der Waals surface area contributed by atoms with Crippen LogP contribution in [0.5, 0.6) is 0 Å². The van der Waals surface area contributed by atoms with Crippen molar-refractivity contribution in [2.45, 2.75) is 50.2 Å². The highest BCUT2D eigenvalue weighted by Crippen LogP contribution is 2.37. The van der Waals surface area contributed by atoms with Crippen molar-refractivity contribution in [3.05, 3.63) is 0 Å². The molecule has 0 saturated heterocycles. The predicted molar refractivity (Wildman–Crippen MR) is 73.3 cm³/mol. The van der Waals surface area contributed by atoms with Crippen LogP contribution in [0.2, 0.25) is 0 Å². The summed E-state index contributed by atoms with van der Waals surface area (Å²) in [7, 11) is 0. The maximum Gasteiger partial charge on any atom is 0.0477 e. The minimum atomic E-state index is 0.532. The molecule has 0 bridgehead atoms. The molecule has 0 heterocycles. The van der Waals surface area contributed by atoms with Gasteiger partial charge in [-0.15, -0.1) is 0 Å². The lowest BCUT2D eigenvalue weighted by atomic mass is 9.88. The number of nitrogens with one attached hydrogen (secondary N) is 1. The van der Waals surface area contributed by atoms with Crippen molar-refractivity contribution in [3.8, 4) is 0 Å². The molecule has 1 N–H and O–H groups in total. The van der Waals surface area contributed by atoms with E-state index in [1.54, 1.807) is 0 Å². The van der Waals surface area contributed by atoms with Gasteiger partial charge in [-0.05, 0) is 39.0 Å². The van der Waals surface area contributed by atoms with Crippen LogP contribution in [-0.4, -0.2) is 37.3 Å². The van der Waals surface area contributed by atoms with E-state index in [0.717, 1.165) is 26.2 Å². The Labute approximate surface area is 105 Å². The Hall–Kier alpha value is 0.270. The molecule has 96 valence electrons. The third-order valence-electron chi connectivity index (χ3n) is 3.49. The van der Waals surface area contributed by atoms with E-state index >= 15 is 0 Å². The molecule has 1 aliphatic carbocycles. The summed E-state index contributed by atoms with van der Waals surface area (Å²) < 4.78 is 5.86. The van der Waals surface area contributed by atoms with Gasteiger partial charge in [-0.1, -0.05) is 19.3 Å². The van der Waals surface area contributed by atoms with E-state index in [9.17, 15) is 0 Å². The van der Waals surface area contributed by atoms with Crippen molar-refractivity contribution in [3.63, 3.8) is 0 Å². The number of ether oxygens (including phenoxy) is 1. The van der Waals surface area contributed by atoms with Crippen molar-refractivity contribution in [1.82, 2.24) is 5.32 Å². The van der Waals surface area contributed by atoms with E-state index in [1.165, 1.54) is 38.6 Å². The summed E-state index contributed by atoms with van der Waals surface area (Å²) in [5.41, 5.74) is 0. The summed E-state index contributed by atoms with van der Waals surface area (Å²) in [5.74, 6) is 0. The smallest absolute Gasteiger partial charge is 0.0477 e. The van der Waals surface area contributed by atoms with Gasteiger partial charge in [0.2, 0.25) is 0 Å². The van der Waals surface area contributed by atoms with Crippen molar-refractivity contribution in [2.75, 3.05) is 32.6 Å². The van der Waals surface area contributed by atoms with E-state index in [1.807, 2.05) is 0 Å². The fraction of sp³-hybridized carbons (Fsp3) is 1.00. The maximum atomic E-state index is 5.33. The molecule has 1 fully saturated rings. The van der Waals surface area contributed by atoms with Crippen LogP contribution in [-0.2, 0) is 4.74 Å². The molecule has 2 nitrogen and oxygen atoms in total. The summed E-state index contributed by atoms with van der Waals surface area (Å²) >= 11 is 2.07. The fourth-order valence-electron chi connectivity index (χ4n) is 2.41. The average Bonchev–Trinajstić information content (AvgIpc) is 2.35. The lowest BCUT2D eigenvalue weighted by Gasteiger charge is -2.36. The van der Waals surface area contributed by atoms with E-state index in [2.05, 4.69) is 30.3 Å². The Morgan fingerprint density at radius 2 is 2.00 bits per heavy atom. The van der Waals surface area contributed by atoms with E-state index in [4.69, 9.17) is 4.74 Å². The first-order valence-corrected chi connectivity index (χ1v) is 7.89. The Morgan fingerprint density at radius 1 is 1.25 bits per heavy atom. The number of thioether (sulfide) groups is 1. The first-order valence-electron chi connectivity index (χ1n) is 6.66. The molecule has 0 atom stereocenters. The summed E-state index contributed by atoms with van der Waals surface area (Å²) in [4.78, 5) is 0.